The lowest BCUT2D eigenvalue weighted by atomic mass is 10.2. The van der Waals surface area contributed by atoms with Gasteiger partial charge in [0.1, 0.15) is 5.75 Å². The minimum Gasteiger partial charge on any atom is -0.492 e. The van der Waals surface area contributed by atoms with Crippen LogP contribution < -0.4 is 10.1 Å². The Morgan fingerprint density at radius 3 is 2.91 bits per heavy atom. The molecule has 0 radical (unpaired) electrons. The predicted octanol–water partition coefficient (Wildman–Crippen LogP) is 4.14. The number of carbonyl (C=O) groups is 1. The van der Waals surface area contributed by atoms with Gasteiger partial charge in [-0.25, -0.2) is 4.98 Å². The van der Waals surface area contributed by atoms with Gasteiger partial charge in [0.15, 0.2) is 0 Å². The van der Waals surface area contributed by atoms with Gasteiger partial charge in [-0.05, 0) is 32.4 Å². The van der Waals surface area contributed by atoms with Crippen LogP contribution in [-0.2, 0) is 4.79 Å². The fourth-order valence-electron chi connectivity index (χ4n) is 1.94. The van der Waals surface area contributed by atoms with E-state index in [1.807, 2.05) is 37.4 Å². The van der Waals surface area contributed by atoms with Gasteiger partial charge in [0, 0.05) is 11.8 Å². The van der Waals surface area contributed by atoms with E-state index in [-0.39, 0.29) is 11.9 Å². The molecule has 0 saturated carbocycles. The van der Waals surface area contributed by atoms with Gasteiger partial charge in [0.05, 0.1) is 28.4 Å². The molecule has 0 bridgehead atoms. The van der Waals surface area contributed by atoms with Gasteiger partial charge >= 0.3 is 0 Å². The van der Waals surface area contributed by atoms with Gasteiger partial charge in [-0.2, -0.15) is 0 Å². The number of carbonyl (C=O) groups excluding carboxylic acids is 1. The fraction of sp³-hybridized carbons (Fsp3) is 0.375. The van der Waals surface area contributed by atoms with Crippen LogP contribution in [0.4, 0.5) is 0 Å². The average Bonchev–Trinajstić information content (AvgIpc) is 2.92. The quantitative estimate of drug-likeness (QED) is 0.772. The largest absolute Gasteiger partial charge is 0.492 e. The van der Waals surface area contributed by atoms with E-state index in [0.717, 1.165) is 10.7 Å². The van der Waals surface area contributed by atoms with Crippen LogP contribution in [0.1, 0.15) is 36.5 Å². The molecule has 1 aromatic heterocycles. The average molecular weight is 339 g/mol. The van der Waals surface area contributed by atoms with Crippen molar-refractivity contribution >= 4 is 28.8 Å². The molecule has 118 valence electrons. The highest BCUT2D eigenvalue weighted by Gasteiger charge is 2.12. The molecule has 1 heterocycles. The van der Waals surface area contributed by atoms with Gasteiger partial charge in [-0.1, -0.05) is 23.7 Å². The van der Waals surface area contributed by atoms with E-state index < -0.39 is 0 Å². The maximum Gasteiger partial charge on any atom is 0.220 e. The molecule has 1 N–H and O–H groups in total. The van der Waals surface area contributed by atoms with E-state index in [1.54, 1.807) is 17.4 Å². The molecule has 4 nitrogen and oxygen atoms in total. The monoisotopic (exact) mass is 338 g/mol. The normalized spacial score (nSPS) is 12.0. The Bertz CT molecular complexity index is 630. The molecule has 1 unspecified atom stereocenters. The van der Waals surface area contributed by atoms with Crippen molar-refractivity contribution in [2.75, 3.05) is 6.61 Å². The van der Waals surface area contributed by atoms with Gasteiger partial charge in [0.2, 0.25) is 5.91 Å². The predicted molar refractivity (Wildman–Crippen MR) is 89.6 cm³/mol. The summed E-state index contributed by atoms with van der Waals surface area (Å²) in [6.45, 7) is 4.35. The number of hydrogen-bond donors (Lipinski definition) is 1. The number of para-hydroxylation sites is 1. The lowest BCUT2D eigenvalue weighted by molar-refractivity contribution is -0.122. The van der Waals surface area contributed by atoms with E-state index in [2.05, 4.69) is 10.3 Å². The third-order valence-corrected chi connectivity index (χ3v) is 4.20. The van der Waals surface area contributed by atoms with Crippen molar-refractivity contribution in [1.29, 1.82) is 0 Å². The first kappa shape index (κ1) is 16.8. The SMILES string of the molecule is Cc1nc(C(C)NC(=O)CCCOc2ccccc2Cl)cs1. The maximum absolute atomic E-state index is 11.9. The molecule has 2 rings (SSSR count). The molecule has 0 fully saturated rings. The van der Waals surface area contributed by atoms with Crippen LogP contribution >= 0.6 is 22.9 Å². The van der Waals surface area contributed by atoms with Crippen molar-refractivity contribution in [1.82, 2.24) is 10.3 Å². The smallest absolute Gasteiger partial charge is 0.220 e. The van der Waals surface area contributed by atoms with Crippen molar-refractivity contribution in [3.8, 4) is 5.75 Å². The minimum absolute atomic E-state index is 0.000844. The summed E-state index contributed by atoms with van der Waals surface area (Å²) in [4.78, 5) is 16.3. The molecule has 0 aliphatic rings. The van der Waals surface area contributed by atoms with E-state index in [1.165, 1.54) is 0 Å². The number of aryl methyl sites for hydroxylation is 1. The van der Waals surface area contributed by atoms with Gasteiger partial charge in [-0.3, -0.25) is 4.79 Å². The van der Waals surface area contributed by atoms with Crippen LogP contribution in [0.3, 0.4) is 0 Å². The van der Waals surface area contributed by atoms with Crippen molar-refractivity contribution in [2.24, 2.45) is 0 Å². The highest BCUT2D eigenvalue weighted by atomic mass is 35.5. The van der Waals surface area contributed by atoms with Crippen LogP contribution in [0.5, 0.6) is 5.75 Å². The summed E-state index contributed by atoms with van der Waals surface area (Å²) in [7, 11) is 0. The molecule has 2 aromatic rings. The first-order chi connectivity index (χ1) is 10.6. The zero-order valence-electron chi connectivity index (χ0n) is 12.6. The molecule has 6 heteroatoms. The van der Waals surface area contributed by atoms with Gasteiger partial charge in [-0.15, -0.1) is 11.3 Å². The maximum atomic E-state index is 11.9. The standard InChI is InChI=1S/C16H19ClN2O2S/c1-11(14-10-22-12(2)19-14)18-16(20)8-5-9-21-15-7-4-3-6-13(15)17/h3-4,6-7,10-11H,5,8-9H2,1-2H3,(H,18,20). The van der Waals surface area contributed by atoms with E-state index >= 15 is 0 Å². The van der Waals surface area contributed by atoms with Crippen LogP contribution in [0.2, 0.25) is 5.02 Å². The Morgan fingerprint density at radius 2 is 2.23 bits per heavy atom. The number of amides is 1. The van der Waals surface area contributed by atoms with Crippen molar-refractivity contribution in [2.45, 2.75) is 32.7 Å². The van der Waals surface area contributed by atoms with Crippen molar-refractivity contribution < 1.29 is 9.53 Å². The van der Waals surface area contributed by atoms with Crippen molar-refractivity contribution in [3.63, 3.8) is 0 Å². The second-order valence-corrected chi connectivity index (χ2v) is 6.43. The molecule has 1 aromatic carbocycles. The third-order valence-electron chi connectivity index (χ3n) is 3.10. The summed E-state index contributed by atoms with van der Waals surface area (Å²) < 4.78 is 5.56. The van der Waals surface area contributed by atoms with Crippen LogP contribution in [0.25, 0.3) is 0 Å². The van der Waals surface area contributed by atoms with Crippen LogP contribution in [0, 0.1) is 6.92 Å². The number of halogens is 1. The second kappa shape index (κ2) is 8.15. The number of hydrogen-bond acceptors (Lipinski definition) is 4. The number of nitrogens with one attached hydrogen (secondary N) is 1. The van der Waals surface area contributed by atoms with Crippen LogP contribution in [0.15, 0.2) is 29.6 Å². The van der Waals surface area contributed by atoms with E-state index in [0.29, 0.717) is 30.2 Å². The molecule has 22 heavy (non-hydrogen) atoms. The molecular formula is C16H19ClN2O2S. The highest BCUT2D eigenvalue weighted by molar-refractivity contribution is 7.09. The molecule has 0 aliphatic heterocycles. The first-order valence-electron chi connectivity index (χ1n) is 7.15. The zero-order chi connectivity index (χ0) is 15.9. The number of benzene rings is 1. The third kappa shape index (κ3) is 5.00. The van der Waals surface area contributed by atoms with Crippen LogP contribution in [-0.4, -0.2) is 17.5 Å². The Balaban J connectivity index is 1.69. The lowest BCUT2D eigenvalue weighted by Gasteiger charge is -2.12. The fourth-order valence-corrected chi connectivity index (χ4v) is 2.84. The number of rotatable bonds is 7. The van der Waals surface area contributed by atoms with Gasteiger partial charge in [0.25, 0.3) is 0 Å². The molecule has 0 spiro atoms. The molecule has 0 saturated heterocycles. The van der Waals surface area contributed by atoms with E-state index in [4.69, 9.17) is 16.3 Å². The number of aromatic nitrogens is 1. The molecule has 0 aliphatic carbocycles. The molecule has 1 amide bonds. The second-order valence-electron chi connectivity index (χ2n) is 4.96. The molecular weight excluding hydrogens is 320 g/mol. The van der Waals surface area contributed by atoms with E-state index in [9.17, 15) is 4.79 Å². The van der Waals surface area contributed by atoms with Gasteiger partial charge < -0.3 is 10.1 Å². The van der Waals surface area contributed by atoms with Crippen molar-refractivity contribution in [3.05, 3.63) is 45.4 Å². The summed E-state index contributed by atoms with van der Waals surface area (Å²) in [5.41, 5.74) is 0.906. The summed E-state index contributed by atoms with van der Waals surface area (Å²) >= 11 is 7.58. The Hall–Kier alpha value is -1.59. The number of nitrogens with zero attached hydrogens (tertiary/aromatic N) is 1. The Labute approximate surface area is 139 Å². The summed E-state index contributed by atoms with van der Waals surface area (Å²) in [6, 6.07) is 7.24. The summed E-state index contributed by atoms with van der Waals surface area (Å²) in [6.07, 6.45) is 1.05. The number of thiazole rings is 1. The summed E-state index contributed by atoms with van der Waals surface area (Å²) in [5.74, 6) is 0.650. The topological polar surface area (TPSA) is 51.2 Å². The summed E-state index contributed by atoms with van der Waals surface area (Å²) in [5, 5.41) is 6.50. The highest BCUT2D eigenvalue weighted by Crippen LogP contribution is 2.23. The Morgan fingerprint density at radius 1 is 1.45 bits per heavy atom. The zero-order valence-corrected chi connectivity index (χ0v) is 14.2. The lowest BCUT2D eigenvalue weighted by Crippen LogP contribution is -2.27. The first-order valence-corrected chi connectivity index (χ1v) is 8.40. The minimum atomic E-state index is -0.0677. The Kier molecular flexibility index (Phi) is 6.21. The molecule has 1 atom stereocenters. The number of ether oxygens (including phenoxy) is 1.